The van der Waals surface area contributed by atoms with E-state index in [9.17, 15) is 5.11 Å². The Morgan fingerprint density at radius 2 is 1.75 bits per heavy atom. The number of hydrogen-bond donors (Lipinski definition) is 1. The maximum absolute atomic E-state index is 11.6. The van der Waals surface area contributed by atoms with Gasteiger partial charge in [0.25, 0.3) is 0 Å². The van der Waals surface area contributed by atoms with Crippen molar-refractivity contribution in [3.63, 3.8) is 0 Å². The highest BCUT2D eigenvalue weighted by Gasteiger charge is 2.44. The third-order valence-corrected chi connectivity index (χ3v) is 6.93. The lowest BCUT2D eigenvalue weighted by Crippen LogP contribution is -2.48. The van der Waals surface area contributed by atoms with Crippen LogP contribution in [0.15, 0.2) is 30.3 Å². The largest absolute Gasteiger partial charge is 0.382 e. The number of likely N-dealkylation sites (N-methyl/N-ethyl adjacent to an activating group) is 1. The third-order valence-electron chi connectivity index (χ3n) is 6.93. The second kappa shape index (κ2) is 6.78. The Labute approximate surface area is 146 Å². The number of hydrogen-bond acceptors (Lipinski definition) is 3. The first kappa shape index (κ1) is 16.6. The van der Waals surface area contributed by atoms with Gasteiger partial charge in [-0.3, -0.25) is 4.90 Å². The summed E-state index contributed by atoms with van der Waals surface area (Å²) in [6, 6.07) is 11.5. The van der Waals surface area contributed by atoms with Crippen LogP contribution in [0.3, 0.4) is 0 Å². The molecule has 4 atom stereocenters. The highest BCUT2D eigenvalue weighted by Crippen LogP contribution is 2.42. The van der Waals surface area contributed by atoms with Gasteiger partial charge in [0.1, 0.15) is 5.60 Å². The molecular weight excluding hydrogens is 298 g/mol. The summed E-state index contributed by atoms with van der Waals surface area (Å²) in [5.41, 5.74) is 0.205. The number of piperidine rings is 1. The average molecular weight is 329 g/mol. The van der Waals surface area contributed by atoms with Crippen molar-refractivity contribution in [1.82, 2.24) is 4.90 Å². The molecule has 0 amide bonds. The van der Waals surface area contributed by atoms with Crippen LogP contribution >= 0.6 is 0 Å². The summed E-state index contributed by atoms with van der Waals surface area (Å²) in [5, 5.41) is 11.6. The Morgan fingerprint density at radius 1 is 1.04 bits per heavy atom. The minimum atomic E-state index is -0.828. The fourth-order valence-corrected chi connectivity index (χ4v) is 5.38. The number of benzene rings is 1. The molecular formula is C21H31NO2. The van der Waals surface area contributed by atoms with E-state index in [1.807, 2.05) is 18.2 Å². The zero-order valence-corrected chi connectivity index (χ0v) is 14.9. The predicted molar refractivity (Wildman–Crippen MR) is 95.8 cm³/mol. The SMILES string of the molecule is CN1C2CCC1[C@@H](OCC(O)(c1ccccc1)C1CCCC1)CC2. The summed E-state index contributed by atoms with van der Waals surface area (Å²) in [7, 11) is 2.25. The molecule has 0 radical (unpaired) electrons. The molecule has 1 saturated carbocycles. The maximum atomic E-state index is 11.6. The minimum absolute atomic E-state index is 0.283. The van der Waals surface area contributed by atoms with Gasteiger partial charge in [-0.05, 0) is 57.1 Å². The zero-order valence-electron chi connectivity index (χ0n) is 14.9. The predicted octanol–water partition coefficient (Wildman–Crippen LogP) is 3.71. The Morgan fingerprint density at radius 3 is 2.50 bits per heavy atom. The van der Waals surface area contributed by atoms with Crippen LogP contribution in [0.4, 0.5) is 0 Å². The van der Waals surface area contributed by atoms with Crippen molar-refractivity contribution < 1.29 is 9.84 Å². The molecule has 3 heteroatoms. The van der Waals surface area contributed by atoms with Crippen molar-refractivity contribution in [1.29, 1.82) is 0 Å². The topological polar surface area (TPSA) is 32.7 Å². The fraction of sp³-hybridized carbons (Fsp3) is 0.714. The lowest BCUT2D eigenvalue weighted by Gasteiger charge is -2.40. The van der Waals surface area contributed by atoms with E-state index in [0.29, 0.717) is 18.6 Å². The highest BCUT2D eigenvalue weighted by atomic mass is 16.5. The Bertz CT molecular complexity index is 542. The van der Waals surface area contributed by atoms with Crippen LogP contribution in [0.5, 0.6) is 0 Å². The van der Waals surface area contributed by atoms with E-state index in [4.69, 9.17) is 4.74 Å². The molecule has 1 N–H and O–H groups in total. The molecule has 132 valence electrons. The van der Waals surface area contributed by atoms with Crippen molar-refractivity contribution >= 4 is 0 Å². The van der Waals surface area contributed by atoms with Gasteiger partial charge in [0.05, 0.1) is 12.7 Å². The van der Waals surface area contributed by atoms with E-state index in [-0.39, 0.29) is 6.10 Å². The van der Waals surface area contributed by atoms with Gasteiger partial charge in [-0.15, -0.1) is 0 Å². The van der Waals surface area contributed by atoms with Crippen LogP contribution in [0.25, 0.3) is 0 Å². The highest BCUT2D eigenvalue weighted by molar-refractivity contribution is 5.24. The molecule has 2 aliphatic heterocycles. The van der Waals surface area contributed by atoms with E-state index in [1.165, 1.54) is 32.1 Å². The molecule has 1 aromatic rings. The van der Waals surface area contributed by atoms with Gasteiger partial charge in [-0.25, -0.2) is 0 Å². The molecule has 2 saturated heterocycles. The fourth-order valence-electron chi connectivity index (χ4n) is 5.38. The quantitative estimate of drug-likeness (QED) is 0.894. The minimum Gasteiger partial charge on any atom is -0.382 e. The molecule has 2 bridgehead atoms. The first-order chi connectivity index (χ1) is 11.7. The van der Waals surface area contributed by atoms with Crippen LogP contribution in [0.1, 0.15) is 56.9 Å². The van der Waals surface area contributed by atoms with Crippen molar-refractivity contribution in [2.75, 3.05) is 13.7 Å². The van der Waals surface area contributed by atoms with Gasteiger partial charge in [0, 0.05) is 12.1 Å². The average Bonchev–Trinajstić information content (AvgIpc) is 3.22. The second-order valence-electron chi connectivity index (χ2n) is 8.16. The van der Waals surface area contributed by atoms with E-state index in [0.717, 1.165) is 30.9 Å². The third kappa shape index (κ3) is 2.91. The number of aliphatic hydroxyl groups is 1. The summed E-state index contributed by atoms with van der Waals surface area (Å²) >= 11 is 0. The summed E-state index contributed by atoms with van der Waals surface area (Å²) in [4.78, 5) is 2.52. The molecule has 0 aromatic heterocycles. The Balaban J connectivity index is 1.50. The number of nitrogens with zero attached hydrogens (tertiary/aromatic N) is 1. The first-order valence-electron chi connectivity index (χ1n) is 9.80. The molecule has 0 spiro atoms. The van der Waals surface area contributed by atoms with Crippen LogP contribution in [-0.2, 0) is 10.3 Å². The molecule has 3 fully saturated rings. The monoisotopic (exact) mass is 329 g/mol. The van der Waals surface area contributed by atoms with Crippen molar-refractivity contribution in [3.05, 3.63) is 35.9 Å². The maximum Gasteiger partial charge on any atom is 0.116 e. The molecule has 1 aliphatic carbocycles. The van der Waals surface area contributed by atoms with E-state index < -0.39 is 5.60 Å². The normalized spacial score (nSPS) is 33.7. The lowest BCUT2D eigenvalue weighted by atomic mass is 9.80. The lowest BCUT2D eigenvalue weighted by molar-refractivity contribution is -0.129. The van der Waals surface area contributed by atoms with Gasteiger partial charge in [-0.1, -0.05) is 43.2 Å². The van der Waals surface area contributed by atoms with Crippen LogP contribution in [-0.4, -0.2) is 41.8 Å². The molecule has 4 rings (SSSR count). The first-order valence-corrected chi connectivity index (χ1v) is 9.80. The Hall–Kier alpha value is -0.900. The number of rotatable bonds is 5. The Kier molecular flexibility index (Phi) is 4.68. The van der Waals surface area contributed by atoms with Crippen molar-refractivity contribution in [2.45, 2.75) is 75.2 Å². The van der Waals surface area contributed by atoms with E-state index >= 15 is 0 Å². The summed E-state index contributed by atoms with van der Waals surface area (Å²) in [6.45, 7) is 0.446. The van der Waals surface area contributed by atoms with Gasteiger partial charge in [-0.2, -0.15) is 0 Å². The van der Waals surface area contributed by atoms with Gasteiger partial charge in [0.2, 0.25) is 0 Å². The smallest absolute Gasteiger partial charge is 0.116 e. The van der Waals surface area contributed by atoms with Crippen molar-refractivity contribution in [2.24, 2.45) is 5.92 Å². The van der Waals surface area contributed by atoms with E-state index in [2.05, 4.69) is 24.1 Å². The van der Waals surface area contributed by atoms with Crippen LogP contribution in [0, 0.1) is 5.92 Å². The van der Waals surface area contributed by atoms with E-state index in [1.54, 1.807) is 0 Å². The molecule has 2 heterocycles. The molecule has 1 aromatic carbocycles. The summed E-state index contributed by atoms with van der Waals surface area (Å²) < 4.78 is 6.42. The second-order valence-corrected chi connectivity index (χ2v) is 8.16. The van der Waals surface area contributed by atoms with Gasteiger partial charge in [0.15, 0.2) is 0 Å². The molecule has 3 unspecified atom stereocenters. The molecule has 3 aliphatic rings. The molecule has 3 nitrogen and oxygen atoms in total. The summed E-state index contributed by atoms with van der Waals surface area (Å²) in [5.74, 6) is 0.331. The van der Waals surface area contributed by atoms with Gasteiger partial charge >= 0.3 is 0 Å². The standard InChI is InChI=1S/C21H31NO2/c1-22-18-11-13-19(22)20(14-12-18)24-15-21(23,17-9-5-6-10-17)16-7-3-2-4-8-16/h2-4,7-8,17-20,23H,5-6,9-15H2,1H3/t18?,19?,20-,21?/m0/s1. The van der Waals surface area contributed by atoms with Crippen LogP contribution in [0.2, 0.25) is 0 Å². The number of ether oxygens (including phenoxy) is 1. The zero-order chi connectivity index (χ0) is 16.6. The van der Waals surface area contributed by atoms with Gasteiger partial charge < -0.3 is 9.84 Å². The number of fused-ring (bicyclic) bond motifs is 2. The van der Waals surface area contributed by atoms with Crippen LogP contribution < -0.4 is 0 Å². The van der Waals surface area contributed by atoms with Crippen molar-refractivity contribution in [3.8, 4) is 0 Å². The summed E-state index contributed by atoms with van der Waals surface area (Å²) in [6.07, 6.45) is 9.93. The molecule has 24 heavy (non-hydrogen) atoms.